The van der Waals surface area contributed by atoms with E-state index >= 15 is 0 Å². The van der Waals surface area contributed by atoms with E-state index in [9.17, 15) is 14.3 Å². The second-order valence-electron chi connectivity index (χ2n) is 9.21. The van der Waals surface area contributed by atoms with Crippen LogP contribution in [0.2, 0.25) is 0 Å². The number of ether oxygens (including phenoxy) is 1. The number of anilines is 1. The lowest BCUT2D eigenvalue weighted by atomic mass is 9.82. The maximum absolute atomic E-state index is 12.6. The van der Waals surface area contributed by atoms with Crippen molar-refractivity contribution in [1.29, 1.82) is 0 Å². The Kier molecular flexibility index (Phi) is 9.32. The number of benzene rings is 4. The molecule has 1 amide bonds. The molecule has 1 fully saturated rings. The highest BCUT2D eigenvalue weighted by Gasteiger charge is 2.47. The number of hydrogen-bond acceptors (Lipinski definition) is 3. The van der Waals surface area contributed by atoms with E-state index in [4.69, 9.17) is 4.74 Å². The van der Waals surface area contributed by atoms with Crippen molar-refractivity contribution in [3.8, 4) is 5.75 Å². The highest BCUT2D eigenvalue weighted by molar-refractivity contribution is 9.10. The molecule has 38 heavy (non-hydrogen) atoms. The van der Waals surface area contributed by atoms with Gasteiger partial charge in [0.2, 0.25) is 5.91 Å². The third-order valence-corrected chi connectivity index (χ3v) is 7.08. The van der Waals surface area contributed by atoms with E-state index < -0.39 is 6.10 Å². The van der Waals surface area contributed by atoms with E-state index in [2.05, 4.69) is 15.9 Å². The van der Waals surface area contributed by atoms with Crippen molar-refractivity contribution in [3.63, 3.8) is 0 Å². The number of hydrogen-bond donors (Lipinski definition) is 1. The summed E-state index contributed by atoms with van der Waals surface area (Å²) in [6.07, 6.45) is 0.196. The monoisotopic (exact) mass is 575 g/mol. The fourth-order valence-corrected chi connectivity index (χ4v) is 4.79. The minimum absolute atomic E-state index is 0.0289. The first-order valence-corrected chi connectivity index (χ1v) is 13.5. The number of rotatable bonds is 7. The van der Waals surface area contributed by atoms with Crippen molar-refractivity contribution in [2.24, 2.45) is 5.92 Å². The lowest BCUT2D eigenvalue weighted by molar-refractivity contribution is -0.129. The van der Waals surface area contributed by atoms with Gasteiger partial charge in [-0.1, -0.05) is 96.5 Å². The highest BCUT2D eigenvalue weighted by Crippen LogP contribution is 2.46. The van der Waals surface area contributed by atoms with Gasteiger partial charge in [0.1, 0.15) is 18.2 Å². The first kappa shape index (κ1) is 27.6. The molecule has 0 spiro atoms. The molecular formula is C32H31BrFNO3. The van der Waals surface area contributed by atoms with Gasteiger partial charge in [0, 0.05) is 15.7 Å². The molecule has 0 aromatic heterocycles. The van der Waals surface area contributed by atoms with E-state index in [-0.39, 0.29) is 23.7 Å². The summed E-state index contributed by atoms with van der Waals surface area (Å²) in [5.74, 6) is 0.601. The van der Waals surface area contributed by atoms with Gasteiger partial charge < -0.3 is 14.7 Å². The summed E-state index contributed by atoms with van der Waals surface area (Å²) in [7, 11) is 0. The van der Waals surface area contributed by atoms with Gasteiger partial charge in [0.25, 0.3) is 0 Å². The van der Waals surface area contributed by atoms with E-state index in [0.29, 0.717) is 13.0 Å². The highest BCUT2D eigenvalue weighted by atomic mass is 79.9. The number of nitrogens with zero attached hydrogens (tertiary/aromatic N) is 1. The average molecular weight is 577 g/mol. The van der Waals surface area contributed by atoms with E-state index in [1.807, 2.05) is 97.6 Å². The fraction of sp³-hybridized carbons (Fsp3) is 0.219. The Bertz CT molecular complexity index is 1330. The molecule has 4 nitrogen and oxygen atoms in total. The first-order valence-electron chi connectivity index (χ1n) is 12.7. The van der Waals surface area contributed by atoms with E-state index in [0.717, 1.165) is 32.6 Å². The van der Waals surface area contributed by atoms with Crippen LogP contribution < -0.4 is 9.64 Å². The lowest BCUT2D eigenvalue weighted by Gasteiger charge is -2.46. The van der Waals surface area contributed by atoms with Crippen molar-refractivity contribution in [2.45, 2.75) is 39.0 Å². The van der Waals surface area contributed by atoms with Crippen LogP contribution in [0.1, 0.15) is 49.1 Å². The van der Waals surface area contributed by atoms with Gasteiger partial charge >= 0.3 is 0 Å². The van der Waals surface area contributed by atoms with Gasteiger partial charge in [0.05, 0.1) is 18.1 Å². The van der Waals surface area contributed by atoms with Crippen molar-refractivity contribution >= 4 is 27.5 Å². The number of carbonyl (C=O) groups is 1. The van der Waals surface area contributed by atoms with Crippen LogP contribution in [-0.2, 0) is 11.4 Å². The van der Waals surface area contributed by atoms with Crippen LogP contribution >= 0.6 is 15.9 Å². The summed E-state index contributed by atoms with van der Waals surface area (Å²) in [5, 5.41) is 9.30. The average Bonchev–Trinajstić information content (AvgIpc) is 2.96. The zero-order valence-corrected chi connectivity index (χ0v) is 23.0. The molecule has 3 atom stereocenters. The number of para-hydroxylation sites is 1. The summed E-state index contributed by atoms with van der Waals surface area (Å²) in [6, 6.07) is 31.8. The number of halogens is 2. The summed E-state index contributed by atoms with van der Waals surface area (Å²) in [5.41, 5.74) is 3.84. The molecule has 1 aliphatic heterocycles. The molecule has 1 saturated heterocycles. The quantitative estimate of drug-likeness (QED) is 0.227. The Labute approximate surface area is 231 Å². The van der Waals surface area contributed by atoms with Crippen LogP contribution in [-0.4, -0.2) is 11.0 Å². The Morgan fingerprint density at radius 1 is 0.947 bits per heavy atom. The second kappa shape index (κ2) is 12.9. The number of aliphatic hydroxyl groups is 1. The molecule has 0 radical (unpaired) electrons. The summed E-state index contributed by atoms with van der Waals surface area (Å²) < 4.78 is 19.5. The van der Waals surface area contributed by atoms with E-state index in [1.165, 1.54) is 12.1 Å². The van der Waals surface area contributed by atoms with Crippen molar-refractivity contribution in [2.75, 3.05) is 4.90 Å². The zero-order valence-electron chi connectivity index (χ0n) is 21.4. The third kappa shape index (κ3) is 6.50. The topological polar surface area (TPSA) is 49.8 Å². The molecule has 0 saturated carbocycles. The van der Waals surface area contributed by atoms with Crippen molar-refractivity contribution < 1.29 is 19.0 Å². The SMILES string of the molecule is CC1C(=O)N(c2ccccc2)C1c1ccc(Br)cc1OCc1ccccc1.CCC(O)c1ccc(F)cc1. The van der Waals surface area contributed by atoms with Gasteiger partial charge in [-0.3, -0.25) is 4.79 Å². The molecular weight excluding hydrogens is 545 g/mol. The second-order valence-corrected chi connectivity index (χ2v) is 10.1. The molecule has 1 heterocycles. The van der Waals surface area contributed by atoms with E-state index in [1.54, 1.807) is 12.1 Å². The fourth-order valence-electron chi connectivity index (χ4n) is 4.45. The number of amides is 1. The molecule has 4 aromatic carbocycles. The summed E-state index contributed by atoms with van der Waals surface area (Å²) >= 11 is 3.54. The van der Waals surface area contributed by atoms with Crippen LogP contribution in [0.5, 0.6) is 5.75 Å². The Hall–Kier alpha value is -3.48. The van der Waals surface area contributed by atoms with Gasteiger partial charge in [0.15, 0.2) is 0 Å². The molecule has 1 N–H and O–H groups in total. The smallest absolute Gasteiger partial charge is 0.232 e. The van der Waals surface area contributed by atoms with Crippen molar-refractivity contribution in [1.82, 2.24) is 0 Å². The first-order chi connectivity index (χ1) is 18.4. The van der Waals surface area contributed by atoms with Crippen LogP contribution in [0, 0.1) is 11.7 Å². The number of aliphatic hydroxyl groups excluding tert-OH is 1. The molecule has 3 unspecified atom stereocenters. The molecule has 0 bridgehead atoms. The summed E-state index contributed by atoms with van der Waals surface area (Å²) in [4.78, 5) is 14.4. The van der Waals surface area contributed by atoms with Crippen LogP contribution in [0.4, 0.5) is 10.1 Å². The Morgan fingerprint density at radius 2 is 1.58 bits per heavy atom. The van der Waals surface area contributed by atoms with Gasteiger partial charge in [-0.25, -0.2) is 4.39 Å². The normalized spacial score (nSPS) is 17.2. The Balaban J connectivity index is 0.000000257. The zero-order chi connectivity index (χ0) is 27.1. The minimum Gasteiger partial charge on any atom is -0.489 e. The minimum atomic E-state index is -0.462. The van der Waals surface area contributed by atoms with Crippen LogP contribution in [0.25, 0.3) is 0 Å². The number of β-lactam (4-membered cyclic amide) rings is 1. The molecule has 5 rings (SSSR count). The molecule has 196 valence electrons. The predicted octanol–water partition coefficient (Wildman–Crippen LogP) is 8.02. The lowest BCUT2D eigenvalue weighted by Crippen LogP contribution is -2.54. The Morgan fingerprint density at radius 3 is 2.21 bits per heavy atom. The third-order valence-electron chi connectivity index (χ3n) is 6.59. The molecule has 4 aromatic rings. The maximum Gasteiger partial charge on any atom is 0.232 e. The molecule has 6 heteroatoms. The van der Waals surface area contributed by atoms with Gasteiger partial charge in [-0.2, -0.15) is 0 Å². The largest absolute Gasteiger partial charge is 0.489 e. The number of carbonyl (C=O) groups excluding carboxylic acids is 1. The molecule has 0 aliphatic carbocycles. The standard InChI is InChI=1S/C23H20BrNO2.C9H11FO/c1-16-22(25(23(16)26)19-10-6-3-7-11-19)20-13-12-18(24)14-21(20)27-15-17-8-4-2-5-9-17;1-2-9(11)7-3-5-8(10)6-4-7/h2-14,16,22H,15H2,1H3;3-6,9,11H,2H2,1H3. The van der Waals surface area contributed by atoms with Crippen LogP contribution in [0.3, 0.4) is 0 Å². The summed E-state index contributed by atoms with van der Waals surface area (Å²) in [6.45, 7) is 4.36. The predicted molar refractivity (Wildman–Crippen MR) is 152 cm³/mol. The van der Waals surface area contributed by atoms with Gasteiger partial charge in [-0.15, -0.1) is 0 Å². The molecule has 1 aliphatic rings. The van der Waals surface area contributed by atoms with Crippen molar-refractivity contribution in [3.05, 3.63) is 130 Å². The maximum atomic E-state index is 12.6. The van der Waals surface area contributed by atoms with Gasteiger partial charge in [-0.05, 0) is 53.9 Å². The van der Waals surface area contributed by atoms with Crippen LogP contribution in [0.15, 0.2) is 108 Å².